The van der Waals surface area contributed by atoms with E-state index in [0.29, 0.717) is 6.04 Å². The molecule has 0 spiro atoms. The molecule has 3 nitrogen and oxygen atoms in total. The quantitative estimate of drug-likeness (QED) is 0.855. The molecule has 2 rings (SSSR count). The molecule has 0 aliphatic carbocycles. The summed E-state index contributed by atoms with van der Waals surface area (Å²) < 4.78 is 11.0. The Morgan fingerprint density at radius 1 is 1.00 bits per heavy atom. The highest BCUT2D eigenvalue weighted by Gasteiger charge is 2.04. The maximum Gasteiger partial charge on any atom is 0.131 e. The average molecular weight is 271 g/mol. The van der Waals surface area contributed by atoms with E-state index in [1.165, 1.54) is 5.56 Å². The standard InChI is InChI=1S/C17H21NO2/c1-4-18-13(2)14-8-10-15(11-9-14)20-17-7-5-6-16(12-17)19-3/h5-13,18H,4H2,1-3H3. The van der Waals surface area contributed by atoms with Crippen molar-refractivity contribution in [1.82, 2.24) is 5.32 Å². The average Bonchev–Trinajstić information content (AvgIpc) is 2.48. The minimum Gasteiger partial charge on any atom is -0.497 e. The molecule has 1 atom stereocenters. The van der Waals surface area contributed by atoms with E-state index in [0.717, 1.165) is 23.8 Å². The molecule has 0 heterocycles. The van der Waals surface area contributed by atoms with Gasteiger partial charge in [0.05, 0.1) is 7.11 Å². The van der Waals surface area contributed by atoms with Gasteiger partial charge in [0.25, 0.3) is 0 Å². The van der Waals surface area contributed by atoms with Crippen LogP contribution in [0.5, 0.6) is 17.2 Å². The number of nitrogens with one attached hydrogen (secondary N) is 1. The van der Waals surface area contributed by atoms with Crippen LogP contribution in [0.3, 0.4) is 0 Å². The SMILES string of the molecule is CCNC(C)c1ccc(Oc2cccc(OC)c2)cc1. The summed E-state index contributed by atoms with van der Waals surface area (Å²) in [6.45, 7) is 5.22. The summed E-state index contributed by atoms with van der Waals surface area (Å²) in [4.78, 5) is 0. The van der Waals surface area contributed by atoms with Gasteiger partial charge >= 0.3 is 0 Å². The molecule has 0 saturated heterocycles. The van der Waals surface area contributed by atoms with Gasteiger partial charge in [-0.1, -0.05) is 25.1 Å². The van der Waals surface area contributed by atoms with Crippen LogP contribution in [-0.2, 0) is 0 Å². The first-order valence-electron chi connectivity index (χ1n) is 6.88. The largest absolute Gasteiger partial charge is 0.497 e. The Balaban J connectivity index is 2.06. The lowest BCUT2D eigenvalue weighted by Crippen LogP contribution is -2.17. The molecule has 0 aliphatic rings. The zero-order valence-electron chi connectivity index (χ0n) is 12.2. The molecule has 0 bridgehead atoms. The van der Waals surface area contributed by atoms with Gasteiger partial charge in [0.1, 0.15) is 17.2 Å². The van der Waals surface area contributed by atoms with Gasteiger partial charge in [0.2, 0.25) is 0 Å². The minimum absolute atomic E-state index is 0.353. The lowest BCUT2D eigenvalue weighted by molar-refractivity contribution is 0.409. The molecule has 20 heavy (non-hydrogen) atoms. The predicted molar refractivity (Wildman–Crippen MR) is 81.6 cm³/mol. The zero-order chi connectivity index (χ0) is 14.4. The zero-order valence-corrected chi connectivity index (χ0v) is 12.2. The van der Waals surface area contributed by atoms with E-state index in [4.69, 9.17) is 9.47 Å². The van der Waals surface area contributed by atoms with Crippen LogP contribution in [0.25, 0.3) is 0 Å². The summed E-state index contributed by atoms with van der Waals surface area (Å²) in [5, 5.41) is 3.39. The van der Waals surface area contributed by atoms with Crippen LogP contribution in [0.2, 0.25) is 0 Å². The van der Waals surface area contributed by atoms with Crippen LogP contribution >= 0.6 is 0 Å². The molecule has 0 saturated carbocycles. The molecular weight excluding hydrogens is 250 g/mol. The van der Waals surface area contributed by atoms with E-state index in [2.05, 4.69) is 31.3 Å². The Kier molecular flexibility index (Phi) is 5.02. The summed E-state index contributed by atoms with van der Waals surface area (Å²) in [6, 6.07) is 16.1. The van der Waals surface area contributed by atoms with E-state index in [9.17, 15) is 0 Å². The van der Waals surface area contributed by atoms with E-state index in [1.807, 2.05) is 36.4 Å². The Morgan fingerprint density at radius 3 is 2.35 bits per heavy atom. The number of hydrogen-bond donors (Lipinski definition) is 1. The molecule has 2 aromatic carbocycles. The smallest absolute Gasteiger partial charge is 0.131 e. The molecule has 2 aromatic rings. The van der Waals surface area contributed by atoms with Gasteiger partial charge in [-0.05, 0) is 43.3 Å². The third-order valence-electron chi connectivity index (χ3n) is 3.17. The van der Waals surface area contributed by atoms with Gasteiger partial charge in [0.15, 0.2) is 0 Å². The van der Waals surface area contributed by atoms with Gasteiger partial charge in [-0.3, -0.25) is 0 Å². The molecular formula is C17H21NO2. The summed E-state index contributed by atoms with van der Waals surface area (Å²) >= 11 is 0. The van der Waals surface area contributed by atoms with Crippen molar-refractivity contribution >= 4 is 0 Å². The number of hydrogen-bond acceptors (Lipinski definition) is 3. The molecule has 0 aromatic heterocycles. The van der Waals surface area contributed by atoms with E-state index in [-0.39, 0.29) is 0 Å². The van der Waals surface area contributed by atoms with E-state index >= 15 is 0 Å². The fourth-order valence-corrected chi connectivity index (χ4v) is 2.05. The second-order valence-electron chi connectivity index (χ2n) is 4.63. The number of benzene rings is 2. The van der Waals surface area contributed by atoms with Crippen molar-refractivity contribution in [2.24, 2.45) is 0 Å². The Labute approximate surface area is 120 Å². The van der Waals surface area contributed by atoms with Crippen molar-refractivity contribution in [1.29, 1.82) is 0 Å². The van der Waals surface area contributed by atoms with Crippen molar-refractivity contribution in [2.75, 3.05) is 13.7 Å². The summed E-state index contributed by atoms with van der Waals surface area (Å²) in [5.74, 6) is 2.39. The summed E-state index contributed by atoms with van der Waals surface area (Å²) in [7, 11) is 1.65. The van der Waals surface area contributed by atoms with E-state index < -0.39 is 0 Å². The maximum absolute atomic E-state index is 5.82. The second kappa shape index (κ2) is 6.96. The van der Waals surface area contributed by atoms with Crippen molar-refractivity contribution in [3.63, 3.8) is 0 Å². The number of ether oxygens (including phenoxy) is 2. The molecule has 1 unspecified atom stereocenters. The highest BCUT2D eigenvalue weighted by molar-refractivity contribution is 5.37. The lowest BCUT2D eigenvalue weighted by atomic mass is 10.1. The molecule has 106 valence electrons. The summed E-state index contributed by atoms with van der Waals surface area (Å²) in [5.41, 5.74) is 1.25. The van der Waals surface area contributed by atoms with Crippen LogP contribution < -0.4 is 14.8 Å². The number of methoxy groups -OCH3 is 1. The van der Waals surface area contributed by atoms with Gasteiger partial charge in [-0.25, -0.2) is 0 Å². The first-order chi connectivity index (χ1) is 9.72. The Morgan fingerprint density at radius 2 is 1.70 bits per heavy atom. The van der Waals surface area contributed by atoms with Gasteiger partial charge < -0.3 is 14.8 Å². The van der Waals surface area contributed by atoms with Crippen molar-refractivity contribution < 1.29 is 9.47 Å². The fourth-order valence-electron chi connectivity index (χ4n) is 2.05. The van der Waals surface area contributed by atoms with Crippen molar-refractivity contribution in [2.45, 2.75) is 19.9 Å². The molecule has 0 fully saturated rings. The Bertz CT molecular complexity index is 537. The van der Waals surface area contributed by atoms with Crippen molar-refractivity contribution in [3.8, 4) is 17.2 Å². The minimum atomic E-state index is 0.353. The van der Waals surface area contributed by atoms with Crippen LogP contribution in [0, 0.1) is 0 Å². The first kappa shape index (κ1) is 14.4. The predicted octanol–water partition coefficient (Wildman–Crippen LogP) is 4.16. The van der Waals surface area contributed by atoms with Crippen molar-refractivity contribution in [3.05, 3.63) is 54.1 Å². The third-order valence-corrected chi connectivity index (χ3v) is 3.17. The second-order valence-corrected chi connectivity index (χ2v) is 4.63. The molecule has 3 heteroatoms. The van der Waals surface area contributed by atoms with Crippen LogP contribution in [0.1, 0.15) is 25.5 Å². The fraction of sp³-hybridized carbons (Fsp3) is 0.294. The van der Waals surface area contributed by atoms with Crippen LogP contribution in [0.4, 0.5) is 0 Å². The van der Waals surface area contributed by atoms with Gasteiger partial charge in [-0.15, -0.1) is 0 Å². The topological polar surface area (TPSA) is 30.5 Å². The third kappa shape index (κ3) is 3.75. The highest BCUT2D eigenvalue weighted by Crippen LogP contribution is 2.26. The Hall–Kier alpha value is -2.00. The monoisotopic (exact) mass is 271 g/mol. The molecule has 0 radical (unpaired) electrons. The van der Waals surface area contributed by atoms with Gasteiger partial charge in [0, 0.05) is 12.1 Å². The van der Waals surface area contributed by atoms with Gasteiger partial charge in [-0.2, -0.15) is 0 Å². The summed E-state index contributed by atoms with van der Waals surface area (Å²) in [6.07, 6.45) is 0. The number of rotatable bonds is 6. The lowest BCUT2D eigenvalue weighted by Gasteiger charge is -2.13. The molecule has 0 aliphatic heterocycles. The first-order valence-corrected chi connectivity index (χ1v) is 6.88. The van der Waals surface area contributed by atoms with E-state index in [1.54, 1.807) is 7.11 Å². The van der Waals surface area contributed by atoms with Crippen LogP contribution in [0.15, 0.2) is 48.5 Å². The maximum atomic E-state index is 5.82. The molecule has 1 N–H and O–H groups in total. The molecule has 0 amide bonds. The van der Waals surface area contributed by atoms with Crippen LogP contribution in [-0.4, -0.2) is 13.7 Å². The normalized spacial score (nSPS) is 11.9. The highest BCUT2D eigenvalue weighted by atomic mass is 16.5.